The van der Waals surface area contributed by atoms with Crippen molar-refractivity contribution >= 4 is 17.6 Å². The van der Waals surface area contributed by atoms with Crippen molar-refractivity contribution in [3.8, 4) is 5.75 Å². The molecule has 3 aromatic carbocycles. The number of aryl methyl sites for hydroxylation is 1. The molecule has 0 heterocycles. The summed E-state index contributed by atoms with van der Waals surface area (Å²) in [5, 5.41) is 14.0. The lowest BCUT2D eigenvalue weighted by atomic mass is 10.0. The summed E-state index contributed by atoms with van der Waals surface area (Å²) in [6.07, 6.45) is 4.69. The van der Waals surface area contributed by atoms with Crippen molar-refractivity contribution < 1.29 is 24.0 Å². The van der Waals surface area contributed by atoms with Crippen LogP contribution in [-0.2, 0) is 28.8 Å². The standard InChI is InChI=1S/C29H32N2O6/c1-36-28(32)21-25-20-24(13-16-27(25)31(34)35)29(33)30-18-17-23-11-14-26(15-12-23)37-19-7-3-6-10-22-8-4-2-5-9-22/h2,4-5,8-9,11-16,20H,3,6-7,10,17-19,21H2,1H3,(H,30,33). The highest BCUT2D eigenvalue weighted by molar-refractivity contribution is 5.95. The molecule has 0 bridgehead atoms. The Morgan fingerprint density at radius 1 is 0.892 bits per heavy atom. The van der Waals surface area contributed by atoms with Crippen LogP contribution in [0.2, 0.25) is 0 Å². The van der Waals surface area contributed by atoms with Crippen LogP contribution in [-0.4, -0.2) is 37.1 Å². The molecule has 37 heavy (non-hydrogen) atoms. The average Bonchev–Trinajstić information content (AvgIpc) is 2.91. The molecule has 0 aromatic heterocycles. The van der Waals surface area contributed by atoms with Gasteiger partial charge in [0, 0.05) is 23.7 Å². The maximum atomic E-state index is 12.5. The number of rotatable bonds is 14. The van der Waals surface area contributed by atoms with Crippen LogP contribution in [0.4, 0.5) is 5.69 Å². The summed E-state index contributed by atoms with van der Waals surface area (Å²) < 4.78 is 10.4. The number of amides is 1. The first-order valence-corrected chi connectivity index (χ1v) is 12.3. The first kappa shape index (κ1) is 27.4. The number of carbonyl (C=O) groups is 2. The third-order valence-corrected chi connectivity index (χ3v) is 5.94. The minimum absolute atomic E-state index is 0.135. The molecule has 0 aliphatic heterocycles. The van der Waals surface area contributed by atoms with E-state index in [9.17, 15) is 19.7 Å². The molecular formula is C29H32N2O6. The van der Waals surface area contributed by atoms with Crippen LogP contribution in [0, 0.1) is 10.1 Å². The molecule has 3 aromatic rings. The van der Waals surface area contributed by atoms with Crippen molar-refractivity contribution in [2.45, 2.75) is 38.5 Å². The van der Waals surface area contributed by atoms with Gasteiger partial charge in [-0.3, -0.25) is 19.7 Å². The van der Waals surface area contributed by atoms with Crippen LogP contribution >= 0.6 is 0 Å². The summed E-state index contributed by atoms with van der Waals surface area (Å²) in [5.74, 6) is -0.163. The number of carbonyl (C=O) groups excluding carboxylic acids is 2. The van der Waals surface area contributed by atoms with E-state index < -0.39 is 10.9 Å². The summed E-state index contributed by atoms with van der Waals surface area (Å²) in [6.45, 7) is 1.07. The molecule has 1 N–H and O–H groups in total. The molecule has 194 valence electrons. The molecule has 0 aliphatic carbocycles. The summed E-state index contributed by atoms with van der Waals surface area (Å²) in [4.78, 5) is 34.8. The molecule has 0 fully saturated rings. The van der Waals surface area contributed by atoms with Gasteiger partial charge in [-0.15, -0.1) is 0 Å². The zero-order valence-electron chi connectivity index (χ0n) is 21.0. The Labute approximate surface area is 216 Å². The Balaban J connectivity index is 1.39. The van der Waals surface area contributed by atoms with Crippen molar-refractivity contribution in [2.75, 3.05) is 20.3 Å². The van der Waals surface area contributed by atoms with Crippen LogP contribution < -0.4 is 10.1 Å². The summed E-state index contributed by atoms with van der Waals surface area (Å²) in [7, 11) is 1.21. The number of nitro benzene ring substituents is 1. The van der Waals surface area contributed by atoms with Gasteiger partial charge in [0.05, 0.1) is 25.1 Å². The molecule has 0 saturated heterocycles. The van der Waals surface area contributed by atoms with Gasteiger partial charge in [-0.1, -0.05) is 42.5 Å². The van der Waals surface area contributed by atoms with E-state index in [1.165, 1.54) is 30.9 Å². The van der Waals surface area contributed by atoms with Crippen LogP contribution in [0.3, 0.4) is 0 Å². The number of hydrogen-bond donors (Lipinski definition) is 1. The maximum absolute atomic E-state index is 12.5. The highest BCUT2D eigenvalue weighted by atomic mass is 16.6. The third-order valence-electron chi connectivity index (χ3n) is 5.94. The van der Waals surface area contributed by atoms with E-state index in [0.29, 0.717) is 19.6 Å². The van der Waals surface area contributed by atoms with Crippen LogP contribution in [0.5, 0.6) is 5.75 Å². The van der Waals surface area contributed by atoms with Crippen molar-refractivity contribution in [2.24, 2.45) is 0 Å². The monoisotopic (exact) mass is 504 g/mol. The fourth-order valence-electron chi connectivity index (χ4n) is 3.89. The molecular weight excluding hydrogens is 472 g/mol. The van der Waals surface area contributed by atoms with Gasteiger partial charge in [0.15, 0.2) is 0 Å². The number of nitrogens with zero attached hydrogens (tertiary/aromatic N) is 1. The maximum Gasteiger partial charge on any atom is 0.310 e. The molecule has 8 nitrogen and oxygen atoms in total. The van der Waals surface area contributed by atoms with E-state index in [1.54, 1.807) is 0 Å². The van der Waals surface area contributed by atoms with Crippen molar-refractivity contribution in [1.82, 2.24) is 5.32 Å². The van der Waals surface area contributed by atoms with E-state index in [1.807, 2.05) is 30.3 Å². The molecule has 0 spiro atoms. The van der Waals surface area contributed by atoms with E-state index in [2.05, 4.69) is 34.3 Å². The largest absolute Gasteiger partial charge is 0.494 e. The van der Waals surface area contributed by atoms with E-state index >= 15 is 0 Å². The second kappa shape index (κ2) is 14.4. The molecule has 3 rings (SSSR count). The van der Waals surface area contributed by atoms with Gasteiger partial charge in [0.1, 0.15) is 5.75 Å². The average molecular weight is 505 g/mol. The molecule has 0 saturated carbocycles. The molecule has 0 unspecified atom stereocenters. The third kappa shape index (κ3) is 9.07. The zero-order chi connectivity index (χ0) is 26.5. The minimum atomic E-state index is -0.615. The van der Waals surface area contributed by atoms with Crippen LogP contribution in [0.25, 0.3) is 0 Å². The number of unbranched alkanes of at least 4 members (excludes halogenated alkanes) is 2. The lowest BCUT2D eigenvalue weighted by Crippen LogP contribution is -2.26. The number of benzene rings is 3. The highest BCUT2D eigenvalue weighted by Crippen LogP contribution is 2.21. The molecule has 1 amide bonds. The van der Waals surface area contributed by atoms with Crippen LogP contribution in [0.15, 0.2) is 72.8 Å². The first-order chi connectivity index (χ1) is 18.0. The van der Waals surface area contributed by atoms with Crippen molar-refractivity contribution in [1.29, 1.82) is 0 Å². The quantitative estimate of drug-likeness (QED) is 0.142. The Morgan fingerprint density at radius 3 is 2.32 bits per heavy atom. The SMILES string of the molecule is COC(=O)Cc1cc(C(=O)NCCc2ccc(OCCCCCc3ccccc3)cc2)ccc1[N+](=O)[O-]. The van der Waals surface area contributed by atoms with Crippen molar-refractivity contribution in [3.63, 3.8) is 0 Å². The van der Waals surface area contributed by atoms with Gasteiger partial charge in [-0.25, -0.2) is 0 Å². The number of methoxy groups -OCH3 is 1. The second-order valence-electron chi connectivity index (χ2n) is 8.65. The smallest absolute Gasteiger partial charge is 0.310 e. The van der Waals surface area contributed by atoms with Gasteiger partial charge in [-0.2, -0.15) is 0 Å². The summed E-state index contributed by atoms with van der Waals surface area (Å²) in [6, 6.07) is 22.2. The predicted molar refractivity (Wildman–Crippen MR) is 141 cm³/mol. The predicted octanol–water partition coefficient (Wildman–Crippen LogP) is 5.07. The number of esters is 1. The van der Waals surface area contributed by atoms with E-state index in [0.717, 1.165) is 37.0 Å². The van der Waals surface area contributed by atoms with Gasteiger partial charge < -0.3 is 14.8 Å². The first-order valence-electron chi connectivity index (χ1n) is 12.3. The molecule has 0 aliphatic rings. The topological polar surface area (TPSA) is 108 Å². The Hall–Kier alpha value is -4.20. The fraction of sp³-hybridized carbons (Fsp3) is 0.310. The number of ether oxygens (including phenoxy) is 2. The van der Waals surface area contributed by atoms with E-state index in [4.69, 9.17) is 4.74 Å². The fourth-order valence-corrected chi connectivity index (χ4v) is 3.89. The highest BCUT2D eigenvalue weighted by Gasteiger charge is 2.19. The molecule has 0 atom stereocenters. The van der Waals surface area contributed by atoms with Gasteiger partial charge in [-0.05, 0) is 67.5 Å². The minimum Gasteiger partial charge on any atom is -0.494 e. The Bertz CT molecular complexity index is 1180. The van der Waals surface area contributed by atoms with Gasteiger partial charge in [0.25, 0.3) is 11.6 Å². The number of hydrogen-bond acceptors (Lipinski definition) is 6. The lowest BCUT2D eigenvalue weighted by Gasteiger charge is -2.09. The van der Waals surface area contributed by atoms with E-state index in [-0.39, 0.29) is 29.1 Å². The normalized spacial score (nSPS) is 10.5. The number of nitro groups is 1. The molecule has 8 heteroatoms. The Morgan fingerprint density at radius 2 is 1.62 bits per heavy atom. The second-order valence-corrected chi connectivity index (χ2v) is 8.65. The van der Waals surface area contributed by atoms with Crippen LogP contribution in [0.1, 0.15) is 46.3 Å². The summed E-state index contributed by atoms with van der Waals surface area (Å²) in [5.41, 5.74) is 2.57. The van der Waals surface area contributed by atoms with Gasteiger partial charge in [0.2, 0.25) is 0 Å². The molecule has 0 radical (unpaired) electrons. The Kier molecular flexibility index (Phi) is 10.6. The van der Waals surface area contributed by atoms with Gasteiger partial charge >= 0.3 is 5.97 Å². The lowest BCUT2D eigenvalue weighted by molar-refractivity contribution is -0.385. The van der Waals surface area contributed by atoms with Crippen molar-refractivity contribution in [3.05, 3.63) is 105 Å². The zero-order valence-corrected chi connectivity index (χ0v) is 21.0. The number of nitrogens with one attached hydrogen (secondary N) is 1. The summed E-state index contributed by atoms with van der Waals surface area (Å²) >= 11 is 0.